The number of ether oxygens (including phenoxy) is 4. The van der Waals surface area contributed by atoms with E-state index in [1.165, 1.54) is 73.1 Å². The number of imidazole rings is 2. The van der Waals surface area contributed by atoms with Crippen LogP contribution in [0, 0.1) is 33.8 Å². The number of nitro groups is 1. The van der Waals surface area contributed by atoms with Gasteiger partial charge in [0, 0.05) is 99.0 Å². The number of nitro benzene ring substituents is 1. The van der Waals surface area contributed by atoms with E-state index in [9.17, 15) is 38.9 Å². The number of Topliss-reactive ketones (excluding diaryl/α,β-unsaturated/α-hetero) is 1. The standard InChI is InChI=1S/C41H43N5O10.C32H41N5O2.C27H33N5/c1-25(2)37(45-40(50)54-24-35-33-11-5-3-9-31(33)32-10-4-6-12-34(32)35)36(47)22-27(8-7-21-43-39(42)49)38(48)44-28-15-13-26(14-16-28)23-55-41(51)56-30-19-17-29(18-20-30)46(52)53;1-5-6-11-27-35-28-29(25-9-7-8-10-26(25)34-30(28)33)37(27)21-24-16-14-23(15-17-24)20-36(19-18-22-12-13-22)31(38)39-32(2,3)4;1-2-3-8-24-31-25-26(22-6-4-5-7-23(22)30-27(25)28)32(24)18-21-13-11-20(12-14-21)17-29-16-15-19-9-10-19/h3-6,9-20,25,27,35,37H,7-8,21-24H2,1-2H3,(H,44,48)(H,45,50)(H3,42,43,49);7-10,14-17,22H,5-6,11-13,18-21H2,1-4H3,(H2,33,34);4-7,11-14,19,29H,2-3,8-10,15-18H2,1H3,(H2,28,30)/t27-,37+;;/m1../s1. The van der Waals surface area contributed by atoms with E-state index < -0.39 is 46.7 Å². The Kier molecular flexibility index (Phi) is 31.0. The number of nitrogen functional groups attached to an aromatic ring is 2. The number of non-ortho nitro benzene ring substituents is 1. The van der Waals surface area contributed by atoms with Gasteiger partial charge in [-0.15, -0.1) is 0 Å². The van der Waals surface area contributed by atoms with Crippen LogP contribution in [0.15, 0.2) is 194 Å². The van der Waals surface area contributed by atoms with Crippen molar-refractivity contribution < 1.29 is 52.6 Å². The maximum atomic E-state index is 13.7. The Bertz CT molecular complexity index is 5780. The number of primary amides is 1. The van der Waals surface area contributed by atoms with Gasteiger partial charge in [0.1, 0.15) is 47.2 Å². The smallest absolute Gasteiger partial charge is 0.449 e. The number of hydrogen-bond acceptors (Lipinski definition) is 19. The van der Waals surface area contributed by atoms with Crippen LogP contribution in [0.3, 0.4) is 0 Å². The largest absolute Gasteiger partial charge is 0.514 e. The quantitative estimate of drug-likeness (QED) is 0.00475. The Balaban J connectivity index is 0.000000170. The summed E-state index contributed by atoms with van der Waals surface area (Å²) in [4.78, 5) is 108. The molecular weight excluding hydrogens is 1600 g/mol. The number of benzene rings is 8. The van der Waals surface area contributed by atoms with E-state index in [1.807, 2.05) is 105 Å². The van der Waals surface area contributed by atoms with Gasteiger partial charge in [0.2, 0.25) is 5.91 Å². The molecule has 4 aromatic heterocycles. The molecule has 3 aliphatic carbocycles. The third kappa shape index (κ3) is 25.1. The average Bonchev–Trinajstić information content (AvgIpc) is 1.63. The molecule has 2 saturated carbocycles. The zero-order valence-corrected chi connectivity index (χ0v) is 73.6. The van der Waals surface area contributed by atoms with Crippen LogP contribution >= 0.6 is 0 Å². The molecule has 4 heterocycles. The maximum Gasteiger partial charge on any atom is 0.514 e. The fraction of sp³-hybridized carbons (Fsp3) is 0.380. The monoisotopic (exact) mass is 1720 g/mol. The third-order valence-corrected chi connectivity index (χ3v) is 23.2. The predicted molar refractivity (Wildman–Crippen MR) is 496 cm³/mol. The van der Waals surface area contributed by atoms with Crippen LogP contribution in [-0.4, -0.2) is 113 Å². The van der Waals surface area contributed by atoms with Crippen molar-refractivity contribution in [1.29, 1.82) is 0 Å². The predicted octanol–water partition coefficient (Wildman–Crippen LogP) is 19.4. The second kappa shape index (κ2) is 43.1. The lowest BCUT2D eigenvalue weighted by Gasteiger charge is -2.27. The van der Waals surface area contributed by atoms with Gasteiger partial charge in [0.05, 0.1) is 33.0 Å². The number of alkyl carbamates (subject to hydrolysis) is 1. The number of aryl methyl sites for hydroxylation is 2. The summed E-state index contributed by atoms with van der Waals surface area (Å²) in [6, 6.07) is 59.6. The number of hydrogen-bond donors (Lipinski definition) is 7. The Hall–Kier alpha value is -13.3. The molecular formula is C100H117N15O12. The van der Waals surface area contributed by atoms with E-state index in [0.717, 1.165) is 166 Å². The van der Waals surface area contributed by atoms with Gasteiger partial charge in [-0.2, -0.15) is 0 Å². The van der Waals surface area contributed by atoms with Gasteiger partial charge in [0.15, 0.2) is 17.4 Å². The zero-order valence-electron chi connectivity index (χ0n) is 73.6. The number of amides is 5. The molecule has 0 spiro atoms. The SMILES string of the molecule is CC(C)[C@H](NC(=O)OCC1c2ccccc2-c2ccccc21)C(=O)C[C@@H](CCCNC(N)=O)C(=O)Nc1ccc(COC(=O)Oc2ccc([N+](=O)[O-])cc2)cc1.CCCCc1nc2c(N)nc3ccccc3c2n1Cc1ccc(CN(CCC2CC2)C(=O)OC(C)(C)C)cc1.CCCCc1nc2c(N)nc3ccccc3c2n1Cc1ccc(CNCCC2CC2)cc1. The van der Waals surface area contributed by atoms with Crippen molar-refractivity contribution in [2.75, 3.05) is 43.0 Å². The van der Waals surface area contributed by atoms with E-state index in [-0.39, 0.29) is 67.7 Å². The van der Waals surface area contributed by atoms with Crippen molar-refractivity contribution in [1.82, 2.24) is 49.9 Å². The zero-order chi connectivity index (χ0) is 89.7. The second-order valence-corrected chi connectivity index (χ2v) is 34.6. The number of ketones is 1. The molecule has 5 amide bonds. The summed E-state index contributed by atoms with van der Waals surface area (Å²) in [5.41, 5.74) is 33.0. The van der Waals surface area contributed by atoms with Crippen molar-refractivity contribution in [3.05, 3.63) is 255 Å². The van der Waals surface area contributed by atoms with E-state index in [2.05, 4.69) is 121 Å². The van der Waals surface area contributed by atoms with Gasteiger partial charge in [0.25, 0.3) is 5.69 Å². The fourth-order valence-electron chi connectivity index (χ4n) is 16.0. The summed E-state index contributed by atoms with van der Waals surface area (Å²) in [6.45, 7) is 18.7. The summed E-state index contributed by atoms with van der Waals surface area (Å²) in [7, 11) is 0. The number of fused-ring (bicyclic) bond motifs is 9. The van der Waals surface area contributed by atoms with E-state index in [1.54, 1.807) is 38.1 Å². The van der Waals surface area contributed by atoms with E-state index >= 15 is 0 Å². The molecule has 8 aromatic carbocycles. The highest BCUT2D eigenvalue weighted by atomic mass is 16.7. The number of carbonyl (C=O) groups excluding carboxylic acids is 6. The highest BCUT2D eigenvalue weighted by Crippen LogP contribution is 2.45. The molecule has 0 unspecified atom stereocenters. The number of nitrogens with zero attached hydrogens (tertiary/aromatic N) is 8. The van der Waals surface area contributed by atoms with Crippen LogP contribution in [0.5, 0.6) is 5.75 Å². The summed E-state index contributed by atoms with van der Waals surface area (Å²) in [5, 5.41) is 24.6. The minimum absolute atomic E-state index is 0.0739. The van der Waals surface area contributed by atoms with Crippen LogP contribution < -0.4 is 43.2 Å². The van der Waals surface area contributed by atoms with Gasteiger partial charge in [-0.05, 0) is 170 Å². The number of pyridine rings is 2. The number of nitrogens with one attached hydrogen (secondary N) is 4. The molecule has 0 radical (unpaired) electrons. The summed E-state index contributed by atoms with van der Waals surface area (Å²) in [5.74, 6) is 2.84. The molecule has 127 heavy (non-hydrogen) atoms. The number of carbonyl (C=O) groups is 6. The number of urea groups is 1. The van der Waals surface area contributed by atoms with Gasteiger partial charge < -0.3 is 71.4 Å². The van der Waals surface area contributed by atoms with Crippen molar-refractivity contribution in [2.24, 2.45) is 29.4 Å². The summed E-state index contributed by atoms with van der Waals surface area (Å²) >= 11 is 0. The highest BCUT2D eigenvalue weighted by molar-refractivity contribution is 6.08. The minimum atomic E-state index is -1.01. The Morgan fingerprint density at radius 3 is 1.65 bits per heavy atom. The molecule has 2 fully saturated rings. The first-order chi connectivity index (χ1) is 61.3. The maximum absolute atomic E-state index is 13.7. The van der Waals surface area contributed by atoms with Crippen LogP contribution in [0.25, 0.3) is 55.0 Å². The first-order valence-corrected chi connectivity index (χ1v) is 44.4. The number of para-hydroxylation sites is 2. The topological polar surface area (TPSA) is 373 Å². The minimum Gasteiger partial charge on any atom is -0.449 e. The second-order valence-electron chi connectivity index (χ2n) is 34.6. The molecule has 12 aromatic rings. The van der Waals surface area contributed by atoms with Gasteiger partial charge in [-0.25, -0.2) is 39.1 Å². The molecule has 15 rings (SSSR count). The highest BCUT2D eigenvalue weighted by Gasteiger charge is 2.34. The molecule has 2 atom stereocenters. The molecule has 10 N–H and O–H groups in total. The Labute approximate surface area is 740 Å². The molecule has 664 valence electrons. The van der Waals surface area contributed by atoms with Gasteiger partial charge in [-0.1, -0.05) is 212 Å². The number of nitrogens with two attached hydrogens (primary N) is 3. The van der Waals surface area contributed by atoms with Crippen LogP contribution in [-0.2, 0) is 69.4 Å². The van der Waals surface area contributed by atoms with Crippen LogP contribution in [0.1, 0.15) is 188 Å². The number of anilines is 3. The lowest BCUT2D eigenvalue weighted by Crippen LogP contribution is -2.46. The first-order valence-electron chi connectivity index (χ1n) is 44.4. The molecule has 3 aliphatic rings. The lowest BCUT2D eigenvalue weighted by molar-refractivity contribution is -0.384. The van der Waals surface area contributed by atoms with Crippen molar-refractivity contribution >= 4 is 103 Å². The summed E-state index contributed by atoms with van der Waals surface area (Å²) < 4.78 is 26.2. The van der Waals surface area contributed by atoms with Crippen molar-refractivity contribution in [2.45, 2.75) is 195 Å². The van der Waals surface area contributed by atoms with Crippen molar-refractivity contribution in [3.8, 4) is 16.9 Å². The molecule has 0 aliphatic heterocycles. The molecule has 0 saturated heterocycles. The molecule has 27 nitrogen and oxygen atoms in total. The number of rotatable bonds is 37. The van der Waals surface area contributed by atoms with Gasteiger partial charge in [-0.3, -0.25) is 19.7 Å². The van der Waals surface area contributed by atoms with Gasteiger partial charge >= 0.3 is 24.4 Å². The Morgan fingerprint density at radius 2 is 1.13 bits per heavy atom. The normalized spacial score (nSPS) is 13.3. The van der Waals surface area contributed by atoms with Crippen LogP contribution in [0.4, 0.5) is 42.2 Å². The third-order valence-electron chi connectivity index (χ3n) is 23.2. The average molecular weight is 1720 g/mol. The summed E-state index contributed by atoms with van der Waals surface area (Å²) in [6.07, 6.45) is 12.4. The van der Waals surface area contributed by atoms with Crippen LogP contribution in [0.2, 0.25) is 0 Å². The number of unbranched alkanes of at least 4 members (excludes halogenated alkanes) is 2. The molecule has 27 heteroatoms. The number of aromatic nitrogens is 6. The van der Waals surface area contributed by atoms with E-state index in [4.69, 9.17) is 46.1 Å². The lowest BCUT2D eigenvalue weighted by atomic mass is 9.89. The molecule has 0 bridgehead atoms. The van der Waals surface area contributed by atoms with E-state index in [0.29, 0.717) is 42.4 Å². The first kappa shape index (κ1) is 91.4. The van der Waals surface area contributed by atoms with Crippen molar-refractivity contribution in [3.63, 3.8) is 0 Å². The Morgan fingerprint density at radius 1 is 0.606 bits per heavy atom. The fourth-order valence-corrected chi connectivity index (χ4v) is 16.0.